The second-order valence-electron chi connectivity index (χ2n) is 5.24. The zero-order chi connectivity index (χ0) is 14.7. The third-order valence-corrected chi connectivity index (χ3v) is 4.47. The predicted molar refractivity (Wildman–Crippen MR) is 87.3 cm³/mol. The summed E-state index contributed by atoms with van der Waals surface area (Å²) in [6.07, 6.45) is 3.65. The van der Waals surface area contributed by atoms with Crippen molar-refractivity contribution in [2.45, 2.75) is 25.8 Å². The lowest BCUT2D eigenvalue weighted by molar-refractivity contribution is 0.567. The van der Waals surface area contributed by atoms with E-state index in [1.807, 2.05) is 11.9 Å². The standard InChI is InChI=1S/C14H18ClN5S/c1-19(9-11-5-8-21-10-11)13-16-12(15)17-14(18-13)20-6-3-2-4-7-20/h5,8,10H,2-4,6-7,9H2,1H3. The summed E-state index contributed by atoms with van der Waals surface area (Å²) >= 11 is 7.77. The molecule has 1 aliphatic rings. The first-order chi connectivity index (χ1) is 10.2. The van der Waals surface area contributed by atoms with Gasteiger partial charge in [0.1, 0.15) is 0 Å². The first kappa shape index (κ1) is 14.5. The molecule has 0 radical (unpaired) electrons. The highest BCUT2D eigenvalue weighted by Gasteiger charge is 2.17. The van der Waals surface area contributed by atoms with Gasteiger partial charge in [-0.1, -0.05) is 0 Å². The van der Waals surface area contributed by atoms with Crippen molar-refractivity contribution in [3.05, 3.63) is 27.7 Å². The van der Waals surface area contributed by atoms with Crippen molar-refractivity contribution < 1.29 is 0 Å². The van der Waals surface area contributed by atoms with Crippen LogP contribution >= 0.6 is 22.9 Å². The lowest BCUT2D eigenvalue weighted by Gasteiger charge is -2.27. The lowest BCUT2D eigenvalue weighted by Crippen LogP contribution is -2.32. The van der Waals surface area contributed by atoms with Crippen molar-refractivity contribution in [1.29, 1.82) is 0 Å². The van der Waals surface area contributed by atoms with Crippen LogP contribution in [0, 0.1) is 0 Å². The Hall–Kier alpha value is -1.40. The molecule has 21 heavy (non-hydrogen) atoms. The number of hydrogen-bond acceptors (Lipinski definition) is 6. The number of halogens is 1. The molecule has 0 saturated carbocycles. The molecule has 0 atom stereocenters. The second kappa shape index (κ2) is 6.58. The Kier molecular flexibility index (Phi) is 4.55. The van der Waals surface area contributed by atoms with Gasteiger partial charge < -0.3 is 9.80 Å². The average molecular weight is 324 g/mol. The molecule has 1 saturated heterocycles. The van der Waals surface area contributed by atoms with Crippen molar-refractivity contribution in [3.8, 4) is 0 Å². The molecular formula is C14H18ClN5S. The number of hydrogen-bond donors (Lipinski definition) is 0. The van der Waals surface area contributed by atoms with Gasteiger partial charge in [0.2, 0.25) is 17.2 Å². The monoisotopic (exact) mass is 323 g/mol. The van der Waals surface area contributed by atoms with Crippen molar-refractivity contribution in [2.24, 2.45) is 0 Å². The van der Waals surface area contributed by atoms with E-state index in [2.05, 4.69) is 36.7 Å². The molecule has 112 valence electrons. The average Bonchev–Trinajstić information content (AvgIpc) is 3.00. The Morgan fingerprint density at radius 2 is 2.05 bits per heavy atom. The summed E-state index contributed by atoms with van der Waals surface area (Å²) in [6, 6.07) is 2.11. The third kappa shape index (κ3) is 3.63. The fourth-order valence-electron chi connectivity index (χ4n) is 2.46. The van der Waals surface area contributed by atoms with Crippen LogP contribution in [0.2, 0.25) is 5.28 Å². The van der Waals surface area contributed by atoms with Crippen LogP contribution in [0.15, 0.2) is 16.8 Å². The highest BCUT2D eigenvalue weighted by Crippen LogP contribution is 2.21. The number of piperidine rings is 1. The SMILES string of the molecule is CN(Cc1ccsc1)c1nc(Cl)nc(N2CCCCC2)n1. The number of anilines is 2. The topological polar surface area (TPSA) is 45.2 Å². The molecular weight excluding hydrogens is 306 g/mol. The second-order valence-corrected chi connectivity index (χ2v) is 6.36. The van der Waals surface area contributed by atoms with Crippen molar-refractivity contribution in [1.82, 2.24) is 15.0 Å². The first-order valence-corrected chi connectivity index (χ1v) is 8.43. The van der Waals surface area contributed by atoms with Gasteiger partial charge in [-0.25, -0.2) is 0 Å². The molecule has 3 heterocycles. The van der Waals surface area contributed by atoms with E-state index in [9.17, 15) is 0 Å². The molecule has 1 fully saturated rings. The molecule has 0 N–H and O–H groups in total. The molecule has 2 aromatic heterocycles. The fraction of sp³-hybridized carbons (Fsp3) is 0.500. The van der Waals surface area contributed by atoms with E-state index in [4.69, 9.17) is 11.6 Å². The van der Waals surface area contributed by atoms with E-state index < -0.39 is 0 Å². The Morgan fingerprint density at radius 1 is 1.24 bits per heavy atom. The number of nitrogens with zero attached hydrogens (tertiary/aromatic N) is 5. The Morgan fingerprint density at radius 3 is 2.76 bits per heavy atom. The molecule has 3 rings (SSSR count). The van der Waals surface area contributed by atoms with Crippen LogP contribution in [0.1, 0.15) is 24.8 Å². The quantitative estimate of drug-likeness (QED) is 0.864. The fourth-order valence-corrected chi connectivity index (χ4v) is 3.27. The van der Waals surface area contributed by atoms with Crippen molar-refractivity contribution >= 4 is 34.8 Å². The maximum Gasteiger partial charge on any atom is 0.231 e. The third-order valence-electron chi connectivity index (χ3n) is 3.56. The maximum atomic E-state index is 6.08. The van der Waals surface area contributed by atoms with Gasteiger partial charge in [0.25, 0.3) is 0 Å². The largest absolute Gasteiger partial charge is 0.341 e. The summed E-state index contributed by atoms with van der Waals surface area (Å²) in [5, 5.41) is 4.46. The minimum absolute atomic E-state index is 0.262. The molecule has 0 spiro atoms. The van der Waals surface area contributed by atoms with Crippen LogP contribution in [0.25, 0.3) is 0 Å². The number of thiophene rings is 1. The molecule has 0 amide bonds. The maximum absolute atomic E-state index is 6.08. The van der Waals surface area contributed by atoms with E-state index in [1.54, 1.807) is 11.3 Å². The van der Waals surface area contributed by atoms with Gasteiger partial charge in [-0.15, -0.1) is 0 Å². The van der Waals surface area contributed by atoms with E-state index in [0.29, 0.717) is 11.9 Å². The minimum Gasteiger partial charge on any atom is -0.341 e. The zero-order valence-electron chi connectivity index (χ0n) is 12.0. The molecule has 1 aliphatic heterocycles. The molecule has 0 bridgehead atoms. The summed E-state index contributed by atoms with van der Waals surface area (Å²) in [4.78, 5) is 17.3. The zero-order valence-corrected chi connectivity index (χ0v) is 13.6. The highest BCUT2D eigenvalue weighted by molar-refractivity contribution is 7.07. The van der Waals surface area contributed by atoms with Gasteiger partial charge in [0.05, 0.1) is 0 Å². The van der Waals surface area contributed by atoms with Crippen LogP contribution in [0.3, 0.4) is 0 Å². The Balaban J connectivity index is 1.79. The van der Waals surface area contributed by atoms with E-state index in [0.717, 1.165) is 19.6 Å². The molecule has 7 heteroatoms. The Labute approximate surface area is 133 Å². The van der Waals surface area contributed by atoms with Gasteiger partial charge >= 0.3 is 0 Å². The summed E-state index contributed by atoms with van der Waals surface area (Å²) in [5.41, 5.74) is 1.25. The smallest absolute Gasteiger partial charge is 0.231 e. The lowest BCUT2D eigenvalue weighted by atomic mass is 10.1. The van der Waals surface area contributed by atoms with E-state index in [1.165, 1.54) is 24.8 Å². The summed E-state index contributed by atoms with van der Waals surface area (Å²) < 4.78 is 0. The minimum atomic E-state index is 0.262. The van der Waals surface area contributed by atoms with Crippen molar-refractivity contribution in [2.75, 3.05) is 29.9 Å². The van der Waals surface area contributed by atoms with Gasteiger partial charge in [0, 0.05) is 26.7 Å². The van der Waals surface area contributed by atoms with Gasteiger partial charge in [0.15, 0.2) is 0 Å². The Bertz CT molecular complexity index is 583. The summed E-state index contributed by atoms with van der Waals surface area (Å²) in [7, 11) is 1.98. The van der Waals surface area contributed by atoms with Crippen LogP contribution in [-0.4, -0.2) is 35.1 Å². The van der Waals surface area contributed by atoms with E-state index in [-0.39, 0.29) is 5.28 Å². The molecule has 0 aromatic carbocycles. The molecule has 0 aliphatic carbocycles. The number of rotatable bonds is 4. The molecule has 0 unspecified atom stereocenters. The van der Waals surface area contributed by atoms with Crippen LogP contribution in [0.5, 0.6) is 0 Å². The first-order valence-electron chi connectivity index (χ1n) is 7.11. The predicted octanol–water partition coefficient (Wildman–Crippen LogP) is 3.21. The summed E-state index contributed by atoms with van der Waals surface area (Å²) in [6.45, 7) is 2.76. The van der Waals surface area contributed by atoms with Gasteiger partial charge in [-0.05, 0) is 53.3 Å². The van der Waals surface area contributed by atoms with Crippen LogP contribution in [0.4, 0.5) is 11.9 Å². The number of aromatic nitrogens is 3. The normalized spacial score (nSPS) is 15.2. The molecule has 5 nitrogen and oxygen atoms in total. The van der Waals surface area contributed by atoms with Gasteiger partial charge in [-0.2, -0.15) is 26.3 Å². The highest BCUT2D eigenvalue weighted by atomic mass is 35.5. The van der Waals surface area contributed by atoms with Gasteiger partial charge in [-0.3, -0.25) is 0 Å². The molecule has 2 aromatic rings. The summed E-state index contributed by atoms with van der Waals surface area (Å²) in [5.74, 6) is 1.32. The van der Waals surface area contributed by atoms with Crippen molar-refractivity contribution in [3.63, 3.8) is 0 Å². The van der Waals surface area contributed by atoms with E-state index >= 15 is 0 Å². The van der Waals surface area contributed by atoms with Crippen LogP contribution in [-0.2, 0) is 6.54 Å². The van der Waals surface area contributed by atoms with Crippen LogP contribution < -0.4 is 9.80 Å².